The molecule has 1 saturated heterocycles. The fourth-order valence-corrected chi connectivity index (χ4v) is 3.73. The maximum Gasteiger partial charge on any atom is 0.222 e. The van der Waals surface area contributed by atoms with Crippen molar-refractivity contribution in [3.8, 4) is 0 Å². The number of carbonyl (C=O) groups is 2. The van der Waals surface area contributed by atoms with Gasteiger partial charge in [0.1, 0.15) is 0 Å². The predicted molar refractivity (Wildman–Crippen MR) is 91.2 cm³/mol. The minimum absolute atomic E-state index is 0.00605. The van der Waals surface area contributed by atoms with Crippen LogP contribution in [0.15, 0.2) is 0 Å². The van der Waals surface area contributed by atoms with E-state index in [1.54, 1.807) is 14.1 Å². The number of ether oxygens (including phenoxy) is 1. The zero-order valence-corrected chi connectivity index (χ0v) is 15.5. The second kappa shape index (κ2) is 8.11. The molecule has 1 fully saturated rings. The van der Waals surface area contributed by atoms with Gasteiger partial charge in [0, 0.05) is 44.6 Å². The Morgan fingerprint density at radius 1 is 1.00 bits per heavy atom. The third kappa shape index (κ3) is 5.77. The summed E-state index contributed by atoms with van der Waals surface area (Å²) in [6, 6.07) is 0. The first kappa shape index (κ1) is 19.9. The van der Waals surface area contributed by atoms with Crippen LogP contribution in [0.2, 0.25) is 0 Å². The molecule has 6 heteroatoms. The molecule has 0 unspecified atom stereocenters. The van der Waals surface area contributed by atoms with Gasteiger partial charge in [0.25, 0.3) is 0 Å². The van der Waals surface area contributed by atoms with Gasteiger partial charge in [-0.05, 0) is 40.5 Å². The van der Waals surface area contributed by atoms with Crippen molar-refractivity contribution in [3.05, 3.63) is 0 Å². The molecule has 2 amide bonds. The average Bonchev–Trinajstić information content (AvgIpc) is 2.44. The van der Waals surface area contributed by atoms with E-state index in [-0.39, 0.29) is 29.0 Å². The first-order valence-electron chi connectivity index (χ1n) is 8.43. The Bertz CT molecular complexity index is 403. The molecule has 134 valence electrons. The van der Waals surface area contributed by atoms with Crippen molar-refractivity contribution in [3.63, 3.8) is 0 Å². The summed E-state index contributed by atoms with van der Waals surface area (Å²) >= 11 is 0. The van der Waals surface area contributed by atoms with Gasteiger partial charge in [-0.3, -0.25) is 14.5 Å². The highest BCUT2D eigenvalue weighted by Crippen LogP contribution is 2.39. The van der Waals surface area contributed by atoms with Crippen molar-refractivity contribution >= 4 is 11.8 Å². The van der Waals surface area contributed by atoms with E-state index in [2.05, 4.69) is 43.2 Å². The highest BCUT2D eigenvalue weighted by Gasteiger charge is 2.45. The van der Waals surface area contributed by atoms with Crippen molar-refractivity contribution in [2.45, 2.75) is 70.6 Å². The molecule has 0 radical (unpaired) electrons. The van der Waals surface area contributed by atoms with Gasteiger partial charge in [-0.1, -0.05) is 0 Å². The highest BCUT2D eigenvalue weighted by atomic mass is 16.5. The number of carbonyl (C=O) groups excluding carboxylic acids is 2. The molecule has 0 saturated carbocycles. The molecular formula is C17H33N3O3. The number of hydrogen-bond acceptors (Lipinski definition) is 4. The van der Waals surface area contributed by atoms with Gasteiger partial charge in [0.05, 0.1) is 12.7 Å². The summed E-state index contributed by atoms with van der Waals surface area (Å²) in [5.74, 6) is 0.0760. The zero-order valence-electron chi connectivity index (χ0n) is 15.5. The minimum atomic E-state index is -0.0482. The molecule has 1 rings (SSSR count). The van der Waals surface area contributed by atoms with Crippen LogP contribution in [0.4, 0.5) is 0 Å². The number of likely N-dealkylation sites (tertiary alicyclic amines) is 1. The summed E-state index contributed by atoms with van der Waals surface area (Å²) in [4.78, 5) is 25.3. The third-order valence-corrected chi connectivity index (χ3v) is 4.72. The summed E-state index contributed by atoms with van der Waals surface area (Å²) in [5.41, 5.74) is -0.0963. The lowest BCUT2D eigenvalue weighted by Crippen LogP contribution is -2.62. The molecule has 1 aliphatic heterocycles. The summed E-state index contributed by atoms with van der Waals surface area (Å²) in [6.45, 7) is 10.00. The SMILES string of the molecule is CNC(=O)CCOC1CC(C)(C)N(CCC(=O)NC)C(C)(C)C1. The lowest BCUT2D eigenvalue weighted by molar-refractivity contribution is -0.127. The van der Waals surface area contributed by atoms with E-state index in [4.69, 9.17) is 4.74 Å². The van der Waals surface area contributed by atoms with Gasteiger partial charge in [0.2, 0.25) is 11.8 Å². The second-order valence-corrected chi connectivity index (χ2v) is 7.52. The van der Waals surface area contributed by atoms with Crippen LogP contribution in [0.25, 0.3) is 0 Å². The summed E-state index contributed by atoms with van der Waals surface area (Å²) < 4.78 is 5.95. The van der Waals surface area contributed by atoms with Crippen LogP contribution < -0.4 is 10.6 Å². The summed E-state index contributed by atoms with van der Waals surface area (Å²) in [5, 5.41) is 5.29. The average molecular weight is 327 g/mol. The van der Waals surface area contributed by atoms with Crippen LogP contribution >= 0.6 is 0 Å². The van der Waals surface area contributed by atoms with Crippen LogP contribution in [0.5, 0.6) is 0 Å². The van der Waals surface area contributed by atoms with E-state index >= 15 is 0 Å². The van der Waals surface area contributed by atoms with Gasteiger partial charge >= 0.3 is 0 Å². The number of nitrogens with one attached hydrogen (secondary N) is 2. The molecule has 0 atom stereocenters. The molecule has 23 heavy (non-hydrogen) atoms. The minimum Gasteiger partial charge on any atom is -0.378 e. The first-order chi connectivity index (χ1) is 10.6. The standard InChI is InChI=1S/C17H33N3O3/c1-16(2)11-13(23-10-8-15(22)19-6)12-17(3,4)20(16)9-7-14(21)18-5/h13H,7-12H2,1-6H3,(H,18,21)(H,19,22). The van der Waals surface area contributed by atoms with Gasteiger partial charge in [-0.25, -0.2) is 0 Å². The Morgan fingerprint density at radius 3 is 1.96 bits per heavy atom. The molecule has 0 aliphatic carbocycles. The smallest absolute Gasteiger partial charge is 0.222 e. The molecule has 0 aromatic heterocycles. The largest absolute Gasteiger partial charge is 0.378 e. The lowest BCUT2D eigenvalue weighted by atomic mass is 9.78. The van der Waals surface area contributed by atoms with Gasteiger partial charge in [-0.15, -0.1) is 0 Å². The predicted octanol–water partition coefficient (Wildman–Crippen LogP) is 1.30. The lowest BCUT2D eigenvalue weighted by Gasteiger charge is -2.55. The molecule has 0 spiro atoms. The van der Waals surface area contributed by atoms with Crippen LogP contribution in [-0.4, -0.2) is 61.1 Å². The van der Waals surface area contributed by atoms with E-state index in [0.29, 0.717) is 19.4 Å². The highest BCUT2D eigenvalue weighted by molar-refractivity contribution is 5.75. The van der Waals surface area contributed by atoms with Crippen LogP contribution in [-0.2, 0) is 14.3 Å². The van der Waals surface area contributed by atoms with E-state index in [1.165, 1.54) is 0 Å². The van der Waals surface area contributed by atoms with E-state index in [0.717, 1.165) is 19.4 Å². The number of nitrogens with zero attached hydrogens (tertiary/aromatic N) is 1. The van der Waals surface area contributed by atoms with Crippen molar-refractivity contribution in [2.75, 3.05) is 27.2 Å². The normalized spacial score (nSPS) is 21.0. The van der Waals surface area contributed by atoms with Crippen molar-refractivity contribution in [2.24, 2.45) is 0 Å². The van der Waals surface area contributed by atoms with E-state index in [1.807, 2.05) is 0 Å². The molecule has 0 bridgehead atoms. The number of hydrogen-bond donors (Lipinski definition) is 2. The summed E-state index contributed by atoms with van der Waals surface area (Å²) in [7, 11) is 3.31. The van der Waals surface area contributed by atoms with E-state index in [9.17, 15) is 9.59 Å². The maximum atomic E-state index is 11.6. The Hall–Kier alpha value is -1.14. The topological polar surface area (TPSA) is 70.7 Å². The Labute approximate surface area is 140 Å². The van der Waals surface area contributed by atoms with Gasteiger partial charge < -0.3 is 15.4 Å². The Morgan fingerprint density at radius 2 is 1.48 bits per heavy atom. The third-order valence-electron chi connectivity index (χ3n) is 4.72. The Kier molecular flexibility index (Phi) is 7.02. The van der Waals surface area contributed by atoms with Crippen LogP contribution in [0.3, 0.4) is 0 Å². The molecule has 0 aromatic rings. The quantitative estimate of drug-likeness (QED) is 0.739. The molecule has 6 nitrogen and oxygen atoms in total. The first-order valence-corrected chi connectivity index (χ1v) is 8.43. The second-order valence-electron chi connectivity index (χ2n) is 7.52. The summed E-state index contributed by atoms with van der Waals surface area (Å²) in [6.07, 6.45) is 2.84. The zero-order chi connectivity index (χ0) is 17.7. The number of piperidine rings is 1. The molecule has 2 N–H and O–H groups in total. The van der Waals surface area contributed by atoms with Gasteiger partial charge in [-0.2, -0.15) is 0 Å². The molecule has 1 aliphatic rings. The molecule has 1 heterocycles. The molecular weight excluding hydrogens is 294 g/mol. The fraction of sp³-hybridized carbons (Fsp3) is 0.882. The number of rotatable bonds is 7. The van der Waals surface area contributed by atoms with Crippen LogP contribution in [0.1, 0.15) is 53.4 Å². The van der Waals surface area contributed by atoms with Crippen molar-refractivity contribution < 1.29 is 14.3 Å². The Balaban J connectivity index is 2.63. The fourth-order valence-electron chi connectivity index (χ4n) is 3.73. The van der Waals surface area contributed by atoms with Gasteiger partial charge in [0.15, 0.2) is 0 Å². The monoisotopic (exact) mass is 327 g/mol. The van der Waals surface area contributed by atoms with Crippen molar-refractivity contribution in [1.82, 2.24) is 15.5 Å². The maximum absolute atomic E-state index is 11.6. The molecule has 0 aromatic carbocycles. The number of amides is 2. The van der Waals surface area contributed by atoms with E-state index < -0.39 is 0 Å². The van der Waals surface area contributed by atoms with Crippen LogP contribution in [0, 0.1) is 0 Å². The van der Waals surface area contributed by atoms with Crippen molar-refractivity contribution in [1.29, 1.82) is 0 Å².